The molecule has 0 spiro atoms. The Labute approximate surface area is 177 Å². The lowest BCUT2D eigenvalue weighted by atomic mass is 9.44. The predicted molar refractivity (Wildman–Crippen MR) is 124 cm³/mol. The van der Waals surface area contributed by atoms with E-state index in [9.17, 15) is 0 Å². The minimum absolute atomic E-state index is 0.0392. The molecule has 0 bridgehead atoms. The van der Waals surface area contributed by atoms with E-state index in [2.05, 4.69) is 55.4 Å². The van der Waals surface area contributed by atoms with Crippen molar-refractivity contribution in [3.05, 3.63) is 0 Å². The maximum Gasteiger partial charge on any atom is 0.0742 e. The zero-order valence-electron chi connectivity index (χ0n) is 20.8. The zero-order chi connectivity index (χ0) is 21.1. The summed E-state index contributed by atoms with van der Waals surface area (Å²) < 4.78 is 7.05. The number of rotatable bonds is 1. The lowest BCUT2D eigenvalue weighted by molar-refractivity contribution is -0.309. The first-order chi connectivity index (χ1) is 13.0. The molecule has 1 aliphatic carbocycles. The number of hydrogen-bond donors (Lipinski definition) is 0. The van der Waals surface area contributed by atoms with E-state index in [0.717, 1.165) is 0 Å². The monoisotopic (exact) mass is 392 g/mol. The first-order valence-corrected chi connectivity index (χ1v) is 12.7. The topological polar surface area (TPSA) is 9.23 Å². The van der Waals surface area contributed by atoms with Gasteiger partial charge in [0, 0.05) is 0 Å². The SMILES string of the molecule is CC1OC(C)(C2CCCCCCCCCCCCC2)C(C)(C)C(C)(C)C1(C)C. The number of hydrogen-bond acceptors (Lipinski definition) is 1. The van der Waals surface area contributed by atoms with Crippen LogP contribution in [0.1, 0.15) is 139 Å². The van der Waals surface area contributed by atoms with Crippen molar-refractivity contribution in [2.75, 3.05) is 0 Å². The molecule has 0 amide bonds. The molecule has 1 nitrogen and oxygen atoms in total. The average Bonchev–Trinajstić information content (AvgIpc) is 2.61. The van der Waals surface area contributed by atoms with Crippen LogP contribution in [0.2, 0.25) is 0 Å². The van der Waals surface area contributed by atoms with Gasteiger partial charge in [-0.15, -0.1) is 0 Å². The highest BCUT2D eigenvalue weighted by Crippen LogP contribution is 2.65. The molecule has 2 atom stereocenters. The molecule has 0 aromatic carbocycles. The summed E-state index contributed by atoms with van der Waals surface area (Å²) in [5, 5.41) is 0. The molecule has 2 fully saturated rings. The van der Waals surface area contributed by atoms with E-state index < -0.39 is 0 Å². The van der Waals surface area contributed by atoms with Crippen molar-refractivity contribution in [1.29, 1.82) is 0 Å². The second-order valence-corrected chi connectivity index (χ2v) is 12.0. The van der Waals surface area contributed by atoms with Gasteiger partial charge < -0.3 is 4.74 Å². The van der Waals surface area contributed by atoms with Crippen LogP contribution >= 0.6 is 0 Å². The highest BCUT2D eigenvalue weighted by molar-refractivity contribution is 5.13. The van der Waals surface area contributed by atoms with Crippen molar-refractivity contribution in [2.24, 2.45) is 22.2 Å². The average molecular weight is 393 g/mol. The molecule has 0 aromatic heterocycles. The molecule has 1 heteroatoms. The van der Waals surface area contributed by atoms with Gasteiger partial charge in [-0.05, 0) is 48.9 Å². The molecule has 1 saturated heterocycles. The summed E-state index contributed by atoms with van der Waals surface area (Å²) in [4.78, 5) is 0. The Morgan fingerprint density at radius 2 is 0.893 bits per heavy atom. The quantitative estimate of drug-likeness (QED) is 0.432. The molecule has 2 rings (SSSR count). The second kappa shape index (κ2) is 9.40. The van der Waals surface area contributed by atoms with Gasteiger partial charge in [-0.25, -0.2) is 0 Å². The summed E-state index contributed by atoms with van der Waals surface area (Å²) in [6, 6.07) is 0. The summed E-state index contributed by atoms with van der Waals surface area (Å²) in [5.41, 5.74) is 0.512. The molecular weight excluding hydrogens is 340 g/mol. The van der Waals surface area contributed by atoms with E-state index in [4.69, 9.17) is 4.74 Å². The third kappa shape index (κ3) is 4.50. The van der Waals surface area contributed by atoms with Crippen molar-refractivity contribution >= 4 is 0 Å². The smallest absolute Gasteiger partial charge is 0.0742 e. The van der Waals surface area contributed by atoms with Gasteiger partial charge in [0.25, 0.3) is 0 Å². The third-order valence-electron chi connectivity index (χ3n) is 10.2. The molecule has 1 heterocycles. The van der Waals surface area contributed by atoms with Crippen molar-refractivity contribution < 1.29 is 4.74 Å². The lowest BCUT2D eigenvalue weighted by Crippen LogP contribution is -2.68. The van der Waals surface area contributed by atoms with E-state index in [0.29, 0.717) is 12.0 Å². The fraction of sp³-hybridized carbons (Fsp3) is 1.00. The minimum Gasteiger partial charge on any atom is -0.371 e. The van der Waals surface area contributed by atoms with Crippen molar-refractivity contribution in [3.8, 4) is 0 Å². The Morgan fingerprint density at radius 3 is 1.29 bits per heavy atom. The fourth-order valence-electron chi connectivity index (χ4n) is 6.27. The predicted octanol–water partition coefficient (Wildman–Crippen LogP) is 8.94. The summed E-state index contributed by atoms with van der Waals surface area (Å²) >= 11 is 0. The molecule has 0 N–H and O–H groups in total. The zero-order valence-corrected chi connectivity index (χ0v) is 20.8. The Hall–Kier alpha value is -0.0400. The van der Waals surface area contributed by atoms with Gasteiger partial charge in [0.1, 0.15) is 0 Å². The molecule has 0 radical (unpaired) electrons. The van der Waals surface area contributed by atoms with Crippen LogP contribution < -0.4 is 0 Å². The summed E-state index contributed by atoms with van der Waals surface area (Å²) in [7, 11) is 0. The van der Waals surface area contributed by atoms with Crippen molar-refractivity contribution in [1.82, 2.24) is 0 Å². The van der Waals surface area contributed by atoms with E-state index in [1.54, 1.807) is 0 Å². The van der Waals surface area contributed by atoms with Gasteiger partial charge in [-0.2, -0.15) is 0 Å². The number of ether oxygens (including phenoxy) is 1. The van der Waals surface area contributed by atoms with E-state index in [1.807, 2.05) is 0 Å². The van der Waals surface area contributed by atoms with Crippen LogP contribution in [0.15, 0.2) is 0 Å². The first kappa shape index (κ1) is 24.2. The summed E-state index contributed by atoms with van der Waals surface area (Å²) in [5.74, 6) is 0.684. The molecule has 2 unspecified atom stereocenters. The standard InChI is InChI=1S/C27H52O/c1-22-24(2,3)25(4,5)26(6,7)27(8,28-22)23-20-18-16-14-12-10-9-11-13-15-17-19-21-23/h22-23H,9-21H2,1-8H3. The highest BCUT2D eigenvalue weighted by Gasteiger charge is 2.65. The molecule has 166 valence electrons. The first-order valence-electron chi connectivity index (χ1n) is 12.7. The van der Waals surface area contributed by atoms with Gasteiger partial charge in [0.05, 0.1) is 11.7 Å². The Balaban J connectivity index is 2.22. The largest absolute Gasteiger partial charge is 0.371 e. The van der Waals surface area contributed by atoms with Crippen LogP contribution in [0.25, 0.3) is 0 Å². The molecule has 1 saturated carbocycles. The van der Waals surface area contributed by atoms with Gasteiger partial charge >= 0.3 is 0 Å². The third-order valence-corrected chi connectivity index (χ3v) is 10.2. The second-order valence-electron chi connectivity index (χ2n) is 12.0. The van der Waals surface area contributed by atoms with Crippen LogP contribution in [-0.4, -0.2) is 11.7 Å². The van der Waals surface area contributed by atoms with E-state index in [1.165, 1.54) is 83.5 Å². The maximum absolute atomic E-state index is 7.05. The highest BCUT2D eigenvalue weighted by atomic mass is 16.5. The van der Waals surface area contributed by atoms with Gasteiger partial charge in [0.2, 0.25) is 0 Å². The molecule has 28 heavy (non-hydrogen) atoms. The van der Waals surface area contributed by atoms with Crippen LogP contribution in [0.3, 0.4) is 0 Å². The van der Waals surface area contributed by atoms with Crippen LogP contribution in [0, 0.1) is 22.2 Å². The Morgan fingerprint density at radius 1 is 0.536 bits per heavy atom. The van der Waals surface area contributed by atoms with E-state index in [-0.39, 0.29) is 21.8 Å². The van der Waals surface area contributed by atoms with Gasteiger partial charge in [0.15, 0.2) is 0 Å². The maximum atomic E-state index is 7.05. The Kier molecular flexibility index (Phi) is 8.14. The van der Waals surface area contributed by atoms with Crippen LogP contribution in [-0.2, 0) is 4.74 Å². The summed E-state index contributed by atoms with van der Waals surface area (Å²) in [6.45, 7) is 19.7. The molecule has 2 aliphatic rings. The Bertz CT molecular complexity index is 461. The van der Waals surface area contributed by atoms with Gasteiger partial charge in [-0.1, -0.05) is 112 Å². The molecular formula is C27H52O. The van der Waals surface area contributed by atoms with Crippen molar-refractivity contribution in [3.63, 3.8) is 0 Å². The van der Waals surface area contributed by atoms with Gasteiger partial charge in [-0.3, -0.25) is 0 Å². The molecule has 0 aromatic rings. The summed E-state index contributed by atoms with van der Waals surface area (Å²) in [6.07, 6.45) is 18.7. The normalized spacial score (nSPS) is 35.8. The van der Waals surface area contributed by atoms with E-state index >= 15 is 0 Å². The molecule has 1 aliphatic heterocycles. The van der Waals surface area contributed by atoms with Crippen LogP contribution in [0.5, 0.6) is 0 Å². The van der Waals surface area contributed by atoms with Crippen LogP contribution in [0.4, 0.5) is 0 Å². The minimum atomic E-state index is -0.0392. The lowest BCUT2D eigenvalue weighted by Gasteiger charge is -2.68. The van der Waals surface area contributed by atoms with Crippen molar-refractivity contribution in [2.45, 2.75) is 151 Å². The fourth-order valence-corrected chi connectivity index (χ4v) is 6.27.